The lowest BCUT2D eigenvalue weighted by molar-refractivity contribution is 0.422. The SMILES string of the molecule is CSc1nc(Cl)cc(Oc2cccc(Cl)c2F)n1. The van der Waals surface area contributed by atoms with Gasteiger partial charge in [0.15, 0.2) is 16.7 Å². The number of hydrogen-bond donors (Lipinski definition) is 0. The first-order valence-corrected chi connectivity index (χ1v) is 6.78. The molecule has 18 heavy (non-hydrogen) atoms. The van der Waals surface area contributed by atoms with E-state index in [-0.39, 0.29) is 21.8 Å². The zero-order chi connectivity index (χ0) is 13.1. The Bertz CT molecular complexity index is 583. The highest BCUT2D eigenvalue weighted by Gasteiger charge is 2.10. The summed E-state index contributed by atoms with van der Waals surface area (Å²) in [5.41, 5.74) is 0. The summed E-state index contributed by atoms with van der Waals surface area (Å²) in [6.45, 7) is 0. The first-order valence-electron chi connectivity index (χ1n) is 4.80. The normalized spacial score (nSPS) is 10.4. The van der Waals surface area contributed by atoms with E-state index < -0.39 is 5.82 Å². The van der Waals surface area contributed by atoms with Gasteiger partial charge >= 0.3 is 0 Å². The van der Waals surface area contributed by atoms with Crippen LogP contribution in [0.25, 0.3) is 0 Å². The van der Waals surface area contributed by atoms with Crippen LogP contribution in [0.3, 0.4) is 0 Å². The molecule has 0 saturated carbocycles. The molecule has 0 saturated heterocycles. The fourth-order valence-corrected chi connectivity index (χ4v) is 1.96. The van der Waals surface area contributed by atoms with Crippen LogP contribution in [0.15, 0.2) is 29.4 Å². The summed E-state index contributed by atoms with van der Waals surface area (Å²) in [6.07, 6.45) is 1.80. The largest absolute Gasteiger partial charge is 0.436 e. The summed E-state index contributed by atoms with van der Waals surface area (Å²) >= 11 is 12.8. The second kappa shape index (κ2) is 5.73. The summed E-state index contributed by atoms with van der Waals surface area (Å²) < 4.78 is 18.9. The first kappa shape index (κ1) is 13.4. The van der Waals surface area contributed by atoms with E-state index in [4.69, 9.17) is 27.9 Å². The molecule has 0 aliphatic carbocycles. The Morgan fingerprint density at radius 3 is 2.78 bits per heavy atom. The number of nitrogens with zero attached hydrogens (tertiary/aromatic N) is 2. The molecular formula is C11H7Cl2FN2OS. The first-order chi connectivity index (χ1) is 8.60. The molecule has 0 fully saturated rings. The van der Waals surface area contributed by atoms with Gasteiger partial charge in [-0.15, -0.1) is 0 Å². The average Bonchev–Trinajstić information content (AvgIpc) is 2.34. The van der Waals surface area contributed by atoms with Gasteiger partial charge in [0.1, 0.15) is 5.15 Å². The molecule has 0 atom stereocenters. The quantitative estimate of drug-likeness (QED) is 0.477. The predicted octanol–water partition coefficient (Wildman–Crippen LogP) is 4.44. The molecule has 1 heterocycles. The van der Waals surface area contributed by atoms with Crippen LogP contribution in [-0.4, -0.2) is 16.2 Å². The molecule has 0 aliphatic rings. The second-order valence-electron chi connectivity index (χ2n) is 3.17. The fraction of sp³-hybridized carbons (Fsp3) is 0.0909. The molecule has 0 amide bonds. The van der Waals surface area contributed by atoms with Gasteiger partial charge in [-0.1, -0.05) is 41.0 Å². The highest BCUT2D eigenvalue weighted by Crippen LogP contribution is 2.29. The summed E-state index contributed by atoms with van der Waals surface area (Å²) in [5, 5.41) is 0.657. The van der Waals surface area contributed by atoms with Gasteiger partial charge in [0, 0.05) is 6.07 Å². The maximum absolute atomic E-state index is 13.6. The van der Waals surface area contributed by atoms with E-state index in [1.54, 1.807) is 12.3 Å². The zero-order valence-electron chi connectivity index (χ0n) is 9.15. The smallest absolute Gasteiger partial charge is 0.224 e. The van der Waals surface area contributed by atoms with Crippen LogP contribution in [0.2, 0.25) is 10.2 Å². The Morgan fingerprint density at radius 2 is 2.06 bits per heavy atom. The van der Waals surface area contributed by atoms with Gasteiger partial charge in [-0.2, -0.15) is 4.98 Å². The van der Waals surface area contributed by atoms with Crippen LogP contribution in [0, 0.1) is 5.82 Å². The van der Waals surface area contributed by atoms with Crippen LogP contribution in [-0.2, 0) is 0 Å². The topological polar surface area (TPSA) is 35.0 Å². The summed E-state index contributed by atoms with van der Waals surface area (Å²) in [5.74, 6) is -0.482. The maximum Gasteiger partial charge on any atom is 0.224 e. The van der Waals surface area contributed by atoms with E-state index in [1.165, 1.54) is 30.0 Å². The van der Waals surface area contributed by atoms with Gasteiger partial charge in [0.05, 0.1) is 5.02 Å². The molecule has 0 spiro atoms. The van der Waals surface area contributed by atoms with E-state index in [9.17, 15) is 4.39 Å². The molecule has 1 aromatic carbocycles. The number of halogens is 3. The van der Waals surface area contributed by atoms with Crippen LogP contribution >= 0.6 is 35.0 Å². The van der Waals surface area contributed by atoms with Crippen LogP contribution in [0.5, 0.6) is 11.6 Å². The van der Waals surface area contributed by atoms with E-state index in [0.29, 0.717) is 5.16 Å². The van der Waals surface area contributed by atoms with Crippen molar-refractivity contribution in [3.05, 3.63) is 40.3 Å². The fourth-order valence-electron chi connectivity index (χ4n) is 1.20. The Balaban J connectivity index is 2.34. The van der Waals surface area contributed by atoms with E-state index >= 15 is 0 Å². The minimum atomic E-state index is -0.639. The van der Waals surface area contributed by atoms with Gasteiger partial charge in [-0.3, -0.25) is 0 Å². The molecule has 0 radical (unpaired) electrons. The Kier molecular flexibility index (Phi) is 4.27. The molecule has 1 aromatic heterocycles. The lowest BCUT2D eigenvalue weighted by Gasteiger charge is -2.07. The minimum Gasteiger partial charge on any atom is -0.436 e. The van der Waals surface area contributed by atoms with E-state index in [1.807, 2.05) is 0 Å². The van der Waals surface area contributed by atoms with E-state index in [0.717, 1.165) is 0 Å². The minimum absolute atomic E-state index is 0.00989. The van der Waals surface area contributed by atoms with Crippen molar-refractivity contribution in [2.45, 2.75) is 5.16 Å². The highest BCUT2D eigenvalue weighted by molar-refractivity contribution is 7.98. The van der Waals surface area contributed by atoms with Crippen LogP contribution < -0.4 is 4.74 Å². The molecule has 2 aromatic rings. The highest BCUT2D eigenvalue weighted by atomic mass is 35.5. The van der Waals surface area contributed by atoms with Gasteiger partial charge in [0.25, 0.3) is 0 Å². The standard InChI is InChI=1S/C11H7Cl2FN2OS/c1-18-11-15-8(13)5-9(16-11)17-7-4-2-3-6(12)10(7)14/h2-5H,1H3. The third-order valence-corrected chi connectivity index (χ3v) is 3.00. The third-order valence-electron chi connectivity index (χ3n) is 1.96. The molecular weight excluding hydrogens is 298 g/mol. The van der Waals surface area contributed by atoms with Crippen molar-refractivity contribution in [2.24, 2.45) is 0 Å². The van der Waals surface area contributed by atoms with Crippen molar-refractivity contribution >= 4 is 35.0 Å². The van der Waals surface area contributed by atoms with Crippen molar-refractivity contribution in [3.63, 3.8) is 0 Å². The van der Waals surface area contributed by atoms with Crippen LogP contribution in [0.1, 0.15) is 0 Å². The molecule has 3 nitrogen and oxygen atoms in total. The summed E-state index contributed by atoms with van der Waals surface area (Å²) in [4.78, 5) is 8.00. The lowest BCUT2D eigenvalue weighted by atomic mass is 10.3. The number of thioether (sulfide) groups is 1. The predicted molar refractivity (Wildman–Crippen MR) is 70.3 cm³/mol. The zero-order valence-corrected chi connectivity index (χ0v) is 11.5. The molecule has 2 rings (SSSR count). The van der Waals surface area contributed by atoms with E-state index in [2.05, 4.69) is 9.97 Å². The third kappa shape index (κ3) is 3.04. The van der Waals surface area contributed by atoms with Crippen molar-refractivity contribution in [3.8, 4) is 11.6 Å². The number of aromatic nitrogens is 2. The number of ether oxygens (including phenoxy) is 1. The average molecular weight is 305 g/mol. The van der Waals surface area contributed by atoms with Gasteiger partial charge in [-0.05, 0) is 18.4 Å². The summed E-state index contributed by atoms with van der Waals surface area (Å²) in [6, 6.07) is 5.88. The molecule has 0 aliphatic heterocycles. The lowest BCUT2D eigenvalue weighted by Crippen LogP contribution is -1.94. The maximum atomic E-state index is 13.6. The van der Waals surface area contributed by atoms with Crippen LogP contribution in [0.4, 0.5) is 4.39 Å². The number of benzene rings is 1. The number of rotatable bonds is 3. The molecule has 7 heteroatoms. The summed E-state index contributed by atoms with van der Waals surface area (Å²) in [7, 11) is 0. The van der Waals surface area contributed by atoms with Gasteiger partial charge in [-0.25, -0.2) is 9.37 Å². The Hall–Kier alpha value is -1.04. The van der Waals surface area contributed by atoms with Gasteiger partial charge in [0.2, 0.25) is 5.88 Å². The van der Waals surface area contributed by atoms with Crippen molar-refractivity contribution in [2.75, 3.05) is 6.26 Å². The van der Waals surface area contributed by atoms with Crippen molar-refractivity contribution in [1.29, 1.82) is 0 Å². The number of hydrogen-bond acceptors (Lipinski definition) is 4. The van der Waals surface area contributed by atoms with Crippen molar-refractivity contribution in [1.82, 2.24) is 9.97 Å². The Labute approximate surface area is 117 Å². The van der Waals surface area contributed by atoms with Gasteiger partial charge < -0.3 is 4.74 Å². The molecule has 94 valence electrons. The molecule has 0 unspecified atom stereocenters. The Morgan fingerprint density at radius 1 is 1.28 bits per heavy atom. The molecule has 0 bridgehead atoms. The molecule has 0 N–H and O–H groups in total. The van der Waals surface area contributed by atoms with Crippen molar-refractivity contribution < 1.29 is 9.13 Å². The monoisotopic (exact) mass is 304 g/mol. The second-order valence-corrected chi connectivity index (χ2v) is 4.74.